The summed E-state index contributed by atoms with van der Waals surface area (Å²) in [5.74, 6) is -0.514. The highest BCUT2D eigenvalue weighted by molar-refractivity contribution is 5.79. The van der Waals surface area contributed by atoms with Crippen molar-refractivity contribution in [3.05, 3.63) is 0 Å². The number of amides is 5. The minimum Gasteiger partial charge on any atom is -0.444 e. The Bertz CT molecular complexity index is 1100. The van der Waals surface area contributed by atoms with Crippen LogP contribution in [-0.4, -0.2) is 179 Å². The number of Topliss-reactive ketones (excluding diaryl/α,β-unsaturated/α-hetero) is 2. The third kappa shape index (κ3) is 34.8. The van der Waals surface area contributed by atoms with Crippen molar-refractivity contribution in [2.45, 2.75) is 90.6 Å². The Kier molecular flexibility index (Phi) is 32.8. The molecule has 0 aliphatic carbocycles. The lowest BCUT2D eigenvalue weighted by Gasteiger charge is -2.24. The van der Waals surface area contributed by atoms with Crippen LogP contribution in [0.25, 0.3) is 0 Å². The van der Waals surface area contributed by atoms with E-state index in [2.05, 4.69) is 26.6 Å². The minimum atomic E-state index is -0.668. The van der Waals surface area contributed by atoms with Crippen LogP contribution in [0.5, 0.6) is 0 Å². The molecule has 0 aromatic rings. The third-order valence-electron chi connectivity index (χ3n) is 8.88. The normalized spacial score (nSPS) is 11.4. The predicted molar refractivity (Wildman–Crippen MR) is 228 cm³/mol. The van der Waals surface area contributed by atoms with Crippen LogP contribution in [0.2, 0.25) is 0 Å². The maximum absolute atomic E-state index is 13.0. The summed E-state index contributed by atoms with van der Waals surface area (Å²) in [6.07, 6.45) is 2.87. The van der Waals surface area contributed by atoms with Crippen LogP contribution < -0.4 is 49.5 Å². The summed E-state index contributed by atoms with van der Waals surface area (Å²) in [6.45, 7) is 12.0. The molecule has 20 heteroatoms. The van der Waals surface area contributed by atoms with Crippen molar-refractivity contribution in [1.29, 1.82) is 0 Å². The SMILES string of the molecule is CC(C)(C)OC(=O)NCCN(CCC(=O)NCCN(CCC(=O)CCCN)CCC(=O)CCCN)CCC(=O)NCCN(CCC(=O)NCCN)CCC(=O)NCCN. The molecule has 0 aliphatic rings. The van der Waals surface area contributed by atoms with E-state index < -0.39 is 11.7 Å². The first kappa shape index (κ1) is 55.2. The van der Waals surface area contributed by atoms with Crippen LogP contribution in [0.1, 0.15) is 85.0 Å². The van der Waals surface area contributed by atoms with E-state index in [0.717, 1.165) is 0 Å². The largest absolute Gasteiger partial charge is 0.444 e. The standard InChI is InChI=1S/C39H78N12O8/c1-39(2,3)59-38(58)48-22-31-51(27-12-36(56)46-20-29-49(23-8-32(52)6-4-14-40)24-9-33(53)7-5-15-41)28-13-37(57)47-21-30-50(25-10-34(54)44-18-16-42)26-11-35(55)45-19-17-43/h4-31,40-43H2,1-3H3,(H,44,54)(H,45,55)(H,46,56)(H,47,57)(H,48,58). The number of hydrogen-bond acceptors (Lipinski definition) is 15. The first-order chi connectivity index (χ1) is 28.1. The van der Waals surface area contributed by atoms with E-state index in [-0.39, 0.29) is 74.0 Å². The van der Waals surface area contributed by atoms with Crippen molar-refractivity contribution in [3.63, 3.8) is 0 Å². The molecule has 342 valence electrons. The summed E-state index contributed by atoms with van der Waals surface area (Å²) in [4.78, 5) is 92.9. The van der Waals surface area contributed by atoms with Crippen molar-refractivity contribution in [2.24, 2.45) is 22.9 Å². The Labute approximate surface area is 351 Å². The molecule has 0 spiro atoms. The van der Waals surface area contributed by atoms with Crippen LogP contribution in [0.3, 0.4) is 0 Å². The number of ketones is 2. The van der Waals surface area contributed by atoms with Gasteiger partial charge in [-0.1, -0.05) is 0 Å². The summed E-state index contributed by atoms with van der Waals surface area (Å²) >= 11 is 0. The summed E-state index contributed by atoms with van der Waals surface area (Å²) in [5, 5.41) is 14.0. The van der Waals surface area contributed by atoms with Gasteiger partial charge in [0.2, 0.25) is 23.6 Å². The van der Waals surface area contributed by atoms with Gasteiger partial charge in [-0.15, -0.1) is 0 Å². The zero-order valence-corrected chi connectivity index (χ0v) is 36.2. The molecule has 0 saturated carbocycles. The van der Waals surface area contributed by atoms with Gasteiger partial charge in [0.1, 0.15) is 17.2 Å². The molecule has 0 rings (SSSR count). The Balaban J connectivity index is 5.26. The van der Waals surface area contributed by atoms with Gasteiger partial charge in [0, 0.05) is 156 Å². The highest BCUT2D eigenvalue weighted by Crippen LogP contribution is 2.06. The second-order valence-electron chi connectivity index (χ2n) is 15.3. The van der Waals surface area contributed by atoms with E-state index in [1.165, 1.54) is 0 Å². The number of alkyl carbamates (subject to hydrolysis) is 1. The first-order valence-electron chi connectivity index (χ1n) is 21.2. The van der Waals surface area contributed by atoms with Gasteiger partial charge in [-0.05, 0) is 46.7 Å². The topological polar surface area (TPSA) is 303 Å². The number of nitrogens with two attached hydrogens (primary N) is 4. The van der Waals surface area contributed by atoms with Gasteiger partial charge in [-0.3, -0.25) is 28.8 Å². The molecule has 5 amide bonds. The maximum Gasteiger partial charge on any atom is 0.407 e. The Hall–Kier alpha value is -3.79. The molecular formula is C39H78N12O8. The monoisotopic (exact) mass is 843 g/mol. The Morgan fingerprint density at radius 2 is 0.712 bits per heavy atom. The van der Waals surface area contributed by atoms with Gasteiger partial charge in [0.05, 0.1) is 0 Å². The smallest absolute Gasteiger partial charge is 0.407 e. The summed E-state index contributed by atoms with van der Waals surface area (Å²) in [7, 11) is 0. The number of nitrogens with one attached hydrogen (secondary N) is 5. The quantitative estimate of drug-likeness (QED) is 0.0319. The van der Waals surface area contributed by atoms with Crippen molar-refractivity contribution >= 4 is 41.3 Å². The molecule has 0 aromatic carbocycles. The average molecular weight is 843 g/mol. The molecular weight excluding hydrogens is 765 g/mol. The van der Waals surface area contributed by atoms with Crippen LogP contribution in [0, 0.1) is 0 Å². The number of nitrogens with zero attached hydrogens (tertiary/aromatic N) is 3. The van der Waals surface area contributed by atoms with Crippen LogP contribution in [-0.2, 0) is 33.5 Å². The minimum absolute atomic E-state index is 0.108. The summed E-state index contributed by atoms with van der Waals surface area (Å²) in [6, 6.07) is 0. The van der Waals surface area contributed by atoms with Crippen molar-refractivity contribution in [1.82, 2.24) is 41.3 Å². The van der Waals surface area contributed by atoms with E-state index in [1.54, 1.807) is 20.8 Å². The van der Waals surface area contributed by atoms with Gasteiger partial charge in [0.15, 0.2) is 0 Å². The van der Waals surface area contributed by atoms with Gasteiger partial charge in [-0.25, -0.2) is 4.79 Å². The molecule has 59 heavy (non-hydrogen) atoms. The van der Waals surface area contributed by atoms with E-state index in [1.807, 2.05) is 14.7 Å². The van der Waals surface area contributed by atoms with Gasteiger partial charge < -0.3 is 69.0 Å². The van der Waals surface area contributed by atoms with Crippen LogP contribution in [0.15, 0.2) is 0 Å². The van der Waals surface area contributed by atoms with Crippen LogP contribution in [0.4, 0.5) is 4.79 Å². The predicted octanol–water partition coefficient (Wildman–Crippen LogP) is -2.24. The molecule has 0 aliphatic heterocycles. The number of carbonyl (C=O) groups is 7. The molecule has 0 radical (unpaired) electrons. The second kappa shape index (κ2) is 35.0. The number of ether oxygens (including phenoxy) is 1. The fourth-order valence-electron chi connectivity index (χ4n) is 5.57. The second-order valence-corrected chi connectivity index (χ2v) is 15.3. The molecule has 0 atom stereocenters. The fourth-order valence-corrected chi connectivity index (χ4v) is 5.57. The van der Waals surface area contributed by atoms with Crippen LogP contribution >= 0.6 is 0 Å². The van der Waals surface area contributed by atoms with Gasteiger partial charge >= 0.3 is 6.09 Å². The molecule has 0 aromatic heterocycles. The third-order valence-corrected chi connectivity index (χ3v) is 8.88. The highest BCUT2D eigenvalue weighted by atomic mass is 16.6. The molecule has 0 heterocycles. The summed E-state index contributed by atoms with van der Waals surface area (Å²) < 4.78 is 5.33. The Morgan fingerprint density at radius 3 is 1.02 bits per heavy atom. The first-order valence-corrected chi connectivity index (χ1v) is 21.2. The van der Waals surface area contributed by atoms with E-state index in [0.29, 0.717) is 143 Å². The average Bonchev–Trinajstić information content (AvgIpc) is 3.19. The zero-order chi connectivity index (χ0) is 44.3. The lowest BCUT2D eigenvalue weighted by molar-refractivity contribution is -0.123. The molecule has 0 fully saturated rings. The highest BCUT2D eigenvalue weighted by Gasteiger charge is 2.18. The van der Waals surface area contributed by atoms with Crippen molar-refractivity contribution in [3.8, 4) is 0 Å². The lowest BCUT2D eigenvalue weighted by atomic mass is 10.1. The van der Waals surface area contributed by atoms with Gasteiger partial charge in [-0.2, -0.15) is 0 Å². The lowest BCUT2D eigenvalue weighted by Crippen LogP contribution is -2.42. The molecule has 0 bridgehead atoms. The number of rotatable bonds is 37. The van der Waals surface area contributed by atoms with E-state index in [4.69, 9.17) is 27.7 Å². The van der Waals surface area contributed by atoms with E-state index in [9.17, 15) is 33.6 Å². The number of carbonyl (C=O) groups excluding carboxylic acids is 7. The van der Waals surface area contributed by atoms with Crippen molar-refractivity contribution in [2.75, 3.05) is 118 Å². The molecule has 13 N–H and O–H groups in total. The fraction of sp³-hybridized carbons (Fsp3) is 0.821. The molecule has 0 saturated heterocycles. The van der Waals surface area contributed by atoms with E-state index >= 15 is 0 Å². The Morgan fingerprint density at radius 1 is 0.407 bits per heavy atom. The molecule has 0 unspecified atom stereocenters. The zero-order valence-electron chi connectivity index (χ0n) is 36.2. The maximum atomic E-state index is 13.0. The summed E-state index contributed by atoms with van der Waals surface area (Å²) in [5.41, 5.74) is 21.3. The number of hydrogen-bond donors (Lipinski definition) is 9. The van der Waals surface area contributed by atoms with Crippen molar-refractivity contribution < 1.29 is 38.3 Å². The molecule has 20 nitrogen and oxygen atoms in total. The van der Waals surface area contributed by atoms with Gasteiger partial charge in [0.25, 0.3) is 0 Å².